The van der Waals surface area contributed by atoms with Crippen molar-refractivity contribution in [2.45, 2.75) is 6.92 Å². The van der Waals surface area contributed by atoms with Gasteiger partial charge in [0.1, 0.15) is 12.6 Å². The molecule has 0 amide bonds. The third-order valence-electron chi connectivity index (χ3n) is 4.56. The number of nitrogens with one attached hydrogen (secondary N) is 1. The summed E-state index contributed by atoms with van der Waals surface area (Å²) in [6, 6.07) is 26.0. The summed E-state index contributed by atoms with van der Waals surface area (Å²) in [6.45, 7) is 2.47. The van der Waals surface area contributed by atoms with Gasteiger partial charge in [-0.15, -0.1) is 0 Å². The SMILES string of the molecule is COCOC.Cc1ccccc1.Nc1ccc2nc(-c3ccc4ncccc4c3)[nH]c2c1.[HH].[HH]. The molecule has 2 aromatic heterocycles. The van der Waals surface area contributed by atoms with E-state index in [1.807, 2.05) is 60.7 Å². The summed E-state index contributed by atoms with van der Waals surface area (Å²) < 4.78 is 8.94. The second kappa shape index (κ2) is 11.6. The molecule has 0 spiro atoms. The van der Waals surface area contributed by atoms with Crippen molar-refractivity contribution in [2.24, 2.45) is 0 Å². The molecule has 2 heterocycles. The van der Waals surface area contributed by atoms with Crippen molar-refractivity contribution in [3.05, 3.63) is 90.6 Å². The van der Waals surface area contributed by atoms with Gasteiger partial charge in [0, 0.05) is 39.9 Å². The average Bonchev–Trinajstić information content (AvgIpc) is 3.24. The maximum Gasteiger partial charge on any atom is 0.145 e. The Hall–Kier alpha value is -3.74. The summed E-state index contributed by atoms with van der Waals surface area (Å²) in [5, 5.41) is 1.10. The first kappa shape index (κ1) is 22.9. The van der Waals surface area contributed by atoms with Gasteiger partial charge in [-0.2, -0.15) is 0 Å². The van der Waals surface area contributed by atoms with E-state index < -0.39 is 0 Å². The summed E-state index contributed by atoms with van der Waals surface area (Å²) in [4.78, 5) is 12.2. The number of imidazole rings is 1. The number of hydrogen-bond donors (Lipinski definition) is 2. The molecular formula is C26H32N4O2. The van der Waals surface area contributed by atoms with Crippen LogP contribution < -0.4 is 5.73 Å². The smallest absolute Gasteiger partial charge is 0.145 e. The zero-order valence-corrected chi connectivity index (χ0v) is 18.6. The molecule has 3 N–H and O–H groups in total. The van der Waals surface area contributed by atoms with Crippen molar-refractivity contribution in [1.29, 1.82) is 0 Å². The predicted molar refractivity (Wildman–Crippen MR) is 136 cm³/mol. The van der Waals surface area contributed by atoms with Crippen LogP contribution in [0.15, 0.2) is 85.1 Å². The number of rotatable bonds is 3. The Bertz CT molecular complexity index is 1260. The molecule has 0 radical (unpaired) electrons. The van der Waals surface area contributed by atoms with Gasteiger partial charge in [0.2, 0.25) is 0 Å². The summed E-state index contributed by atoms with van der Waals surface area (Å²) in [6.07, 6.45) is 1.80. The zero-order valence-electron chi connectivity index (χ0n) is 18.6. The lowest BCUT2D eigenvalue weighted by atomic mass is 10.1. The fourth-order valence-corrected chi connectivity index (χ4v) is 3.04. The van der Waals surface area contributed by atoms with Gasteiger partial charge in [0.15, 0.2) is 0 Å². The lowest BCUT2D eigenvalue weighted by Crippen LogP contribution is -1.87. The maximum atomic E-state index is 5.79. The minimum absolute atomic E-state index is 0. The van der Waals surface area contributed by atoms with Crippen LogP contribution in [-0.2, 0) is 9.47 Å². The molecule has 0 aliphatic heterocycles. The number of hydrogen-bond acceptors (Lipinski definition) is 5. The van der Waals surface area contributed by atoms with Crippen molar-refractivity contribution in [3.8, 4) is 11.4 Å². The monoisotopic (exact) mass is 432 g/mol. The van der Waals surface area contributed by atoms with Gasteiger partial charge in [-0.3, -0.25) is 4.98 Å². The summed E-state index contributed by atoms with van der Waals surface area (Å²) in [7, 11) is 3.17. The van der Waals surface area contributed by atoms with E-state index in [9.17, 15) is 0 Å². The highest BCUT2D eigenvalue weighted by atomic mass is 16.6. The zero-order chi connectivity index (χ0) is 22.8. The molecule has 0 aliphatic rings. The largest absolute Gasteiger partial charge is 0.399 e. The number of fused-ring (bicyclic) bond motifs is 2. The van der Waals surface area contributed by atoms with Crippen LogP contribution in [0.4, 0.5) is 5.69 Å². The van der Waals surface area contributed by atoms with Crippen molar-refractivity contribution in [3.63, 3.8) is 0 Å². The number of aromatic nitrogens is 3. The molecule has 0 atom stereocenters. The Morgan fingerprint density at radius 1 is 0.875 bits per heavy atom. The number of aryl methyl sites for hydroxylation is 1. The van der Waals surface area contributed by atoms with Gasteiger partial charge in [0.05, 0.1) is 16.6 Å². The molecule has 0 aliphatic carbocycles. The Morgan fingerprint density at radius 3 is 2.28 bits per heavy atom. The first-order chi connectivity index (χ1) is 15.6. The topological polar surface area (TPSA) is 86.1 Å². The molecule has 3 aromatic carbocycles. The normalized spacial score (nSPS) is 10.2. The lowest BCUT2D eigenvalue weighted by molar-refractivity contribution is -0.00271. The summed E-state index contributed by atoms with van der Waals surface area (Å²) in [5.74, 6) is 0.844. The van der Waals surface area contributed by atoms with Crippen LogP contribution in [0.5, 0.6) is 0 Å². The van der Waals surface area contributed by atoms with Gasteiger partial charge >= 0.3 is 0 Å². The molecule has 168 valence electrons. The highest BCUT2D eigenvalue weighted by Gasteiger charge is 2.06. The van der Waals surface area contributed by atoms with Crippen LogP contribution in [0.3, 0.4) is 0 Å². The fourth-order valence-electron chi connectivity index (χ4n) is 3.04. The van der Waals surface area contributed by atoms with E-state index in [2.05, 4.69) is 49.5 Å². The van der Waals surface area contributed by atoms with Gasteiger partial charge in [-0.25, -0.2) is 4.98 Å². The number of aromatic amines is 1. The van der Waals surface area contributed by atoms with Crippen molar-refractivity contribution in [2.75, 3.05) is 26.7 Å². The third-order valence-corrected chi connectivity index (χ3v) is 4.56. The van der Waals surface area contributed by atoms with E-state index in [1.54, 1.807) is 20.4 Å². The van der Waals surface area contributed by atoms with E-state index >= 15 is 0 Å². The van der Waals surface area contributed by atoms with E-state index in [0.29, 0.717) is 6.79 Å². The molecule has 0 fully saturated rings. The van der Waals surface area contributed by atoms with Crippen LogP contribution in [0.2, 0.25) is 0 Å². The van der Waals surface area contributed by atoms with Gasteiger partial charge in [-0.1, -0.05) is 42.0 Å². The Balaban J connectivity index is 0.000000347. The van der Waals surface area contributed by atoms with Crippen molar-refractivity contribution >= 4 is 27.6 Å². The Labute approximate surface area is 191 Å². The Morgan fingerprint density at radius 2 is 1.62 bits per heavy atom. The van der Waals surface area contributed by atoms with Gasteiger partial charge in [-0.05, 0) is 49.4 Å². The minimum Gasteiger partial charge on any atom is -0.399 e. The molecule has 0 unspecified atom stereocenters. The van der Waals surface area contributed by atoms with Crippen LogP contribution in [0, 0.1) is 6.92 Å². The van der Waals surface area contributed by atoms with E-state index in [0.717, 1.165) is 39.0 Å². The molecule has 5 aromatic rings. The molecular weight excluding hydrogens is 400 g/mol. The van der Waals surface area contributed by atoms with E-state index in [4.69, 9.17) is 5.73 Å². The van der Waals surface area contributed by atoms with Crippen molar-refractivity contribution < 1.29 is 12.3 Å². The Kier molecular flexibility index (Phi) is 8.31. The number of pyridine rings is 1. The molecule has 5 rings (SSSR count). The molecule has 32 heavy (non-hydrogen) atoms. The van der Waals surface area contributed by atoms with Gasteiger partial charge < -0.3 is 20.2 Å². The number of H-pyrrole nitrogens is 1. The summed E-state index contributed by atoms with van der Waals surface area (Å²) in [5.41, 5.74) is 11.7. The second-order valence-corrected chi connectivity index (χ2v) is 7.12. The average molecular weight is 433 g/mol. The minimum atomic E-state index is 0. The maximum absolute atomic E-state index is 5.79. The first-order valence-electron chi connectivity index (χ1n) is 10.2. The number of anilines is 1. The number of nitrogens with two attached hydrogens (primary N) is 1. The standard InChI is InChI=1S/C16H12N4.C7H8.C3H8O2.2H2/c17-12-4-6-14-15(9-12)20-16(19-14)11-3-5-13-10(8-11)2-1-7-18-13;1-7-5-3-2-4-6-7;1-4-3-5-2;;/h1-9H,17H2,(H,19,20);2-6H,1H3;3H2,1-2H3;2*1H. The first-order valence-corrected chi connectivity index (χ1v) is 10.2. The van der Waals surface area contributed by atoms with Crippen molar-refractivity contribution in [1.82, 2.24) is 15.0 Å². The highest BCUT2D eigenvalue weighted by molar-refractivity contribution is 5.86. The van der Waals surface area contributed by atoms with Gasteiger partial charge in [0.25, 0.3) is 0 Å². The second-order valence-electron chi connectivity index (χ2n) is 7.12. The van der Waals surface area contributed by atoms with Crippen LogP contribution in [-0.4, -0.2) is 36.0 Å². The summed E-state index contributed by atoms with van der Waals surface area (Å²) >= 11 is 0. The van der Waals surface area contributed by atoms with Crippen LogP contribution in [0.25, 0.3) is 33.3 Å². The number of methoxy groups -OCH3 is 2. The number of ether oxygens (including phenoxy) is 2. The highest BCUT2D eigenvalue weighted by Crippen LogP contribution is 2.24. The fraction of sp³-hybridized carbons (Fsp3) is 0.154. The lowest BCUT2D eigenvalue weighted by Gasteiger charge is -1.99. The number of benzene rings is 3. The quantitative estimate of drug-likeness (QED) is 0.266. The molecule has 6 nitrogen and oxygen atoms in total. The van der Waals surface area contributed by atoms with Crippen LogP contribution in [0.1, 0.15) is 8.42 Å². The molecule has 0 saturated heterocycles. The van der Waals surface area contributed by atoms with E-state index in [-0.39, 0.29) is 2.85 Å². The van der Waals surface area contributed by atoms with E-state index in [1.165, 1.54) is 5.56 Å². The molecule has 0 bridgehead atoms. The number of nitrogens with zero attached hydrogens (tertiary/aromatic N) is 2. The third kappa shape index (κ3) is 6.38. The molecule has 0 saturated carbocycles. The predicted octanol–water partition coefficient (Wildman–Crippen LogP) is 6.08. The van der Waals surface area contributed by atoms with Crippen LogP contribution >= 0.6 is 0 Å². The molecule has 6 heteroatoms. The number of nitrogen functional groups attached to an aromatic ring is 1.